The zero-order chi connectivity index (χ0) is 11.7. The minimum absolute atomic E-state index is 0.0227. The predicted molar refractivity (Wildman–Crippen MR) is 62.0 cm³/mol. The SMILES string of the molecule is CCCCC(C)OC(=O)N(C)CCNC. The Hall–Kier alpha value is -0.770. The summed E-state index contributed by atoms with van der Waals surface area (Å²) in [4.78, 5) is 13.1. The van der Waals surface area contributed by atoms with Gasteiger partial charge in [-0.15, -0.1) is 0 Å². The number of ether oxygens (including phenoxy) is 1. The van der Waals surface area contributed by atoms with Gasteiger partial charge < -0.3 is 15.0 Å². The Morgan fingerprint density at radius 3 is 2.73 bits per heavy atom. The van der Waals surface area contributed by atoms with Gasteiger partial charge in [-0.05, 0) is 20.4 Å². The summed E-state index contributed by atoms with van der Waals surface area (Å²) in [5.41, 5.74) is 0. The molecule has 15 heavy (non-hydrogen) atoms. The summed E-state index contributed by atoms with van der Waals surface area (Å²) < 4.78 is 5.27. The van der Waals surface area contributed by atoms with Gasteiger partial charge in [-0.1, -0.05) is 19.8 Å². The first-order valence-corrected chi connectivity index (χ1v) is 5.68. The molecule has 4 heteroatoms. The van der Waals surface area contributed by atoms with Crippen LogP contribution in [0.2, 0.25) is 0 Å². The van der Waals surface area contributed by atoms with Gasteiger partial charge in [0.25, 0.3) is 0 Å². The Kier molecular flexibility index (Phi) is 8.09. The fourth-order valence-electron chi connectivity index (χ4n) is 1.18. The molecule has 0 bridgehead atoms. The summed E-state index contributed by atoms with van der Waals surface area (Å²) in [6.45, 7) is 5.54. The quantitative estimate of drug-likeness (QED) is 0.706. The van der Waals surface area contributed by atoms with Crippen LogP contribution in [0.4, 0.5) is 4.79 Å². The molecule has 0 aliphatic carbocycles. The Morgan fingerprint density at radius 2 is 2.20 bits per heavy atom. The van der Waals surface area contributed by atoms with E-state index in [4.69, 9.17) is 4.74 Å². The van der Waals surface area contributed by atoms with Crippen molar-refractivity contribution in [2.75, 3.05) is 27.2 Å². The van der Waals surface area contributed by atoms with Gasteiger partial charge in [0, 0.05) is 20.1 Å². The normalized spacial score (nSPS) is 12.3. The minimum atomic E-state index is -0.228. The average molecular weight is 216 g/mol. The molecule has 4 nitrogen and oxygen atoms in total. The molecule has 0 aliphatic rings. The van der Waals surface area contributed by atoms with Crippen LogP contribution in [-0.4, -0.2) is 44.3 Å². The highest BCUT2D eigenvalue weighted by Gasteiger charge is 2.12. The molecule has 0 spiro atoms. The van der Waals surface area contributed by atoms with Gasteiger partial charge in [0.15, 0.2) is 0 Å². The van der Waals surface area contributed by atoms with Gasteiger partial charge in [-0.3, -0.25) is 0 Å². The number of hydrogen-bond donors (Lipinski definition) is 1. The van der Waals surface area contributed by atoms with E-state index in [0.717, 1.165) is 25.8 Å². The number of unbranched alkanes of at least 4 members (excludes halogenated alkanes) is 1. The van der Waals surface area contributed by atoms with E-state index in [2.05, 4.69) is 12.2 Å². The number of likely N-dealkylation sites (N-methyl/N-ethyl adjacent to an activating group) is 2. The van der Waals surface area contributed by atoms with Crippen LogP contribution in [-0.2, 0) is 4.74 Å². The molecular weight excluding hydrogens is 192 g/mol. The van der Waals surface area contributed by atoms with Crippen molar-refractivity contribution in [2.45, 2.75) is 39.2 Å². The number of rotatable bonds is 7. The fourth-order valence-corrected chi connectivity index (χ4v) is 1.18. The maximum absolute atomic E-state index is 11.5. The van der Waals surface area contributed by atoms with Crippen LogP contribution in [0.3, 0.4) is 0 Å². The van der Waals surface area contributed by atoms with E-state index >= 15 is 0 Å². The smallest absolute Gasteiger partial charge is 0.409 e. The highest BCUT2D eigenvalue weighted by atomic mass is 16.6. The van der Waals surface area contributed by atoms with Crippen molar-refractivity contribution in [1.29, 1.82) is 0 Å². The molecule has 1 N–H and O–H groups in total. The first kappa shape index (κ1) is 14.2. The van der Waals surface area contributed by atoms with E-state index in [1.54, 1.807) is 11.9 Å². The molecule has 1 amide bonds. The summed E-state index contributed by atoms with van der Waals surface area (Å²) in [6.07, 6.45) is 2.98. The van der Waals surface area contributed by atoms with Gasteiger partial charge in [0.2, 0.25) is 0 Å². The highest BCUT2D eigenvalue weighted by Crippen LogP contribution is 2.05. The topological polar surface area (TPSA) is 41.6 Å². The Morgan fingerprint density at radius 1 is 1.53 bits per heavy atom. The largest absolute Gasteiger partial charge is 0.446 e. The van der Waals surface area contributed by atoms with Crippen molar-refractivity contribution in [3.05, 3.63) is 0 Å². The maximum Gasteiger partial charge on any atom is 0.409 e. The van der Waals surface area contributed by atoms with E-state index in [9.17, 15) is 4.79 Å². The molecule has 90 valence electrons. The lowest BCUT2D eigenvalue weighted by molar-refractivity contribution is 0.0725. The third kappa shape index (κ3) is 7.19. The van der Waals surface area contributed by atoms with E-state index < -0.39 is 0 Å². The van der Waals surface area contributed by atoms with Crippen molar-refractivity contribution >= 4 is 6.09 Å². The lowest BCUT2D eigenvalue weighted by Gasteiger charge is -2.20. The zero-order valence-corrected chi connectivity index (χ0v) is 10.4. The van der Waals surface area contributed by atoms with Crippen LogP contribution in [0, 0.1) is 0 Å². The van der Waals surface area contributed by atoms with Gasteiger partial charge in [-0.2, -0.15) is 0 Å². The maximum atomic E-state index is 11.5. The van der Waals surface area contributed by atoms with Crippen molar-refractivity contribution in [1.82, 2.24) is 10.2 Å². The van der Waals surface area contributed by atoms with Crippen molar-refractivity contribution in [3.8, 4) is 0 Å². The zero-order valence-electron chi connectivity index (χ0n) is 10.4. The van der Waals surface area contributed by atoms with Gasteiger partial charge in [0.05, 0.1) is 0 Å². The summed E-state index contributed by atoms with van der Waals surface area (Å²) in [6, 6.07) is 0. The predicted octanol–water partition coefficient (Wildman–Crippen LogP) is 1.85. The van der Waals surface area contributed by atoms with E-state index in [1.807, 2.05) is 14.0 Å². The van der Waals surface area contributed by atoms with Crippen molar-refractivity contribution in [3.63, 3.8) is 0 Å². The van der Waals surface area contributed by atoms with Crippen LogP contribution in [0.25, 0.3) is 0 Å². The molecule has 0 saturated carbocycles. The first-order valence-electron chi connectivity index (χ1n) is 5.68. The van der Waals surface area contributed by atoms with Crippen LogP contribution < -0.4 is 5.32 Å². The number of nitrogens with zero attached hydrogens (tertiary/aromatic N) is 1. The Labute approximate surface area is 93.0 Å². The molecule has 1 unspecified atom stereocenters. The fraction of sp³-hybridized carbons (Fsp3) is 0.909. The number of nitrogens with one attached hydrogen (secondary N) is 1. The Balaban J connectivity index is 3.70. The molecule has 0 rings (SSSR count). The first-order chi connectivity index (χ1) is 7.11. The summed E-state index contributed by atoms with van der Waals surface area (Å²) in [5, 5.41) is 2.99. The van der Waals surface area contributed by atoms with E-state index in [-0.39, 0.29) is 12.2 Å². The van der Waals surface area contributed by atoms with Crippen LogP contribution in [0.5, 0.6) is 0 Å². The lowest BCUT2D eigenvalue weighted by Crippen LogP contribution is -2.34. The van der Waals surface area contributed by atoms with Gasteiger partial charge in [0.1, 0.15) is 6.10 Å². The minimum Gasteiger partial charge on any atom is -0.446 e. The number of carbonyl (C=O) groups excluding carboxylic acids is 1. The molecular formula is C11H24N2O2. The molecule has 0 aliphatic heterocycles. The molecule has 0 heterocycles. The van der Waals surface area contributed by atoms with Crippen LogP contribution in [0.1, 0.15) is 33.1 Å². The van der Waals surface area contributed by atoms with Gasteiger partial charge in [-0.25, -0.2) is 4.79 Å². The molecule has 0 fully saturated rings. The molecule has 0 aromatic rings. The van der Waals surface area contributed by atoms with E-state index in [0.29, 0.717) is 6.54 Å². The second-order valence-corrected chi connectivity index (χ2v) is 3.86. The third-order valence-corrected chi connectivity index (χ3v) is 2.28. The molecule has 0 saturated heterocycles. The average Bonchev–Trinajstić information content (AvgIpc) is 2.22. The van der Waals surface area contributed by atoms with E-state index in [1.165, 1.54) is 0 Å². The highest BCUT2D eigenvalue weighted by molar-refractivity contribution is 5.67. The van der Waals surface area contributed by atoms with Gasteiger partial charge >= 0.3 is 6.09 Å². The van der Waals surface area contributed by atoms with Crippen molar-refractivity contribution < 1.29 is 9.53 Å². The Bertz CT molecular complexity index is 174. The number of carbonyl (C=O) groups is 1. The molecule has 0 radical (unpaired) electrons. The third-order valence-electron chi connectivity index (χ3n) is 2.28. The van der Waals surface area contributed by atoms with Crippen LogP contribution >= 0.6 is 0 Å². The molecule has 0 aromatic carbocycles. The summed E-state index contributed by atoms with van der Waals surface area (Å²) in [5.74, 6) is 0. The molecule has 1 atom stereocenters. The van der Waals surface area contributed by atoms with Crippen molar-refractivity contribution in [2.24, 2.45) is 0 Å². The second kappa shape index (κ2) is 8.53. The summed E-state index contributed by atoms with van der Waals surface area (Å²) >= 11 is 0. The molecule has 0 aromatic heterocycles. The standard InChI is InChI=1S/C11H24N2O2/c1-5-6-7-10(2)15-11(14)13(4)9-8-12-3/h10,12H,5-9H2,1-4H3. The lowest BCUT2D eigenvalue weighted by atomic mass is 10.2. The number of amides is 1. The second-order valence-electron chi connectivity index (χ2n) is 3.86. The number of hydrogen-bond acceptors (Lipinski definition) is 3. The van der Waals surface area contributed by atoms with Crippen LogP contribution in [0.15, 0.2) is 0 Å². The monoisotopic (exact) mass is 216 g/mol. The summed E-state index contributed by atoms with van der Waals surface area (Å²) in [7, 11) is 3.62.